The topological polar surface area (TPSA) is 85.7 Å². The number of nitrogens with one attached hydrogen (secondary N) is 1. The van der Waals surface area contributed by atoms with E-state index in [0.717, 1.165) is 42.8 Å². The first-order valence-corrected chi connectivity index (χ1v) is 9.75. The van der Waals surface area contributed by atoms with Crippen molar-refractivity contribution in [2.75, 3.05) is 33.9 Å². The third-order valence-corrected chi connectivity index (χ3v) is 5.13. The molecule has 1 aromatic carbocycles. The molecule has 0 radical (unpaired) electrons. The van der Waals surface area contributed by atoms with Gasteiger partial charge in [-0.05, 0) is 24.1 Å². The Kier molecular flexibility index (Phi) is 7.00. The Morgan fingerprint density at radius 3 is 2.66 bits per heavy atom. The first-order valence-electron chi connectivity index (χ1n) is 9.75. The molecule has 3 rings (SSSR count). The van der Waals surface area contributed by atoms with E-state index in [4.69, 9.17) is 9.47 Å². The molecule has 0 aliphatic carbocycles. The number of aromatic nitrogens is 2. The minimum absolute atomic E-state index is 0.137. The number of esters is 1. The largest absolute Gasteiger partial charge is 0.465 e. The van der Waals surface area contributed by atoms with Crippen LogP contribution in [0.1, 0.15) is 44.1 Å². The van der Waals surface area contributed by atoms with Crippen LogP contribution in [0.25, 0.3) is 0 Å². The number of carbonyl (C=O) groups is 2. The molecule has 0 spiro atoms. The van der Waals surface area contributed by atoms with Crippen LogP contribution < -0.4 is 5.32 Å². The van der Waals surface area contributed by atoms with Gasteiger partial charge in [0.05, 0.1) is 12.7 Å². The highest BCUT2D eigenvalue weighted by atomic mass is 16.5. The minimum atomic E-state index is -0.337. The molecule has 1 N–H and O–H groups in total. The molecule has 156 valence electrons. The third-order valence-electron chi connectivity index (χ3n) is 5.13. The van der Waals surface area contributed by atoms with E-state index in [9.17, 15) is 9.59 Å². The number of ether oxygens (including phenoxy) is 2. The van der Waals surface area contributed by atoms with E-state index in [1.807, 2.05) is 23.9 Å². The van der Waals surface area contributed by atoms with Crippen molar-refractivity contribution in [1.82, 2.24) is 20.0 Å². The summed E-state index contributed by atoms with van der Waals surface area (Å²) in [5.41, 5.74) is 4.26. The molecule has 1 aliphatic rings. The highest BCUT2D eigenvalue weighted by molar-refractivity contribution is 5.94. The maximum absolute atomic E-state index is 12.6. The van der Waals surface area contributed by atoms with Crippen molar-refractivity contribution in [3.8, 4) is 0 Å². The lowest BCUT2D eigenvalue weighted by atomic mass is 10.0. The molecule has 0 saturated carbocycles. The Labute approximate surface area is 170 Å². The molecule has 2 heterocycles. The van der Waals surface area contributed by atoms with E-state index >= 15 is 0 Å². The van der Waals surface area contributed by atoms with Crippen LogP contribution in [0.2, 0.25) is 0 Å². The van der Waals surface area contributed by atoms with Crippen LogP contribution in [-0.2, 0) is 36.0 Å². The fraction of sp³-hybridized carbons (Fsp3) is 0.476. The molecule has 8 heteroatoms. The predicted octanol–water partition coefficient (Wildman–Crippen LogP) is 1.53. The van der Waals surface area contributed by atoms with Gasteiger partial charge in [0.25, 0.3) is 5.91 Å². The molecule has 0 bridgehead atoms. The Balaban J connectivity index is 1.66. The van der Waals surface area contributed by atoms with Crippen molar-refractivity contribution in [2.24, 2.45) is 7.05 Å². The fourth-order valence-electron chi connectivity index (χ4n) is 3.59. The highest BCUT2D eigenvalue weighted by Crippen LogP contribution is 2.23. The van der Waals surface area contributed by atoms with Gasteiger partial charge in [-0.1, -0.05) is 12.1 Å². The summed E-state index contributed by atoms with van der Waals surface area (Å²) in [6.45, 7) is 3.48. The van der Waals surface area contributed by atoms with E-state index in [0.29, 0.717) is 31.0 Å². The first kappa shape index (κ1) is 21.0. The zero-order valence-corrected chi connectivity index (χ0v) is 17.2. The van der Waals surface area contributed by atoms with Crippen LogP contribution in [0.15, 0.2) is 24.3 Å². The first-order chi connectivity index (χ1) is 14.0. The lowest BCUT2D eigenvalue weighted by Crippen LogP contribution is -2.32. The average molecular weight is 400 g/mol. The highest BCUT2D eigenvalue weighted by Gasteiger charge is 2.27. The number of hydrogen-bond acceptors (Lipinski definition) is 6. The van der Waals surface area contributed by atoms with Gasteiger partial charge in [-0.3, -0.25) is 14.4 Å². The maximum atomic E-state index is 12.6. The molecule has 0 atom stereocenters. The van der Waals surface area contributed by atoms with Crippen LogP contribution in [-0.4, -0.2) is 60.5 Å². The van der Waals surface area contributed by atoms with Gasteiger partial charge in [0.1, 0.15) is 0 Å². The number of nitrogens with zero attached hydrogens (tertiary/aromatic N) is 3. The molecule has 1 aromatic heterocycles. The average Bonchev–Trinajstić information content (AvgIpc) is 3.07. The lowest BCUT2D eigenvalue weighted by molar-refractivity contribution is 0.0600. The zero-order valence-electron chi connectivity index (χ0n) is 17.2. The van der Waals surface area contributed by atoms with E-state index in [2.05, 4.69) is 15.3 Å². The molecular weight excluding hydrogens is 372 g/mol. The van der Waals surface area contributed by atoms with E-state index in [1.165, 1.54) is 7.11 Å². The molecule has 29 heavy (non-hydrogen) atoms. The van der Waals surface area contributed by atoms with Gasteiger partial charge in [0, 0.05) is 64.6 Å². The number of benzene rings is 1. The van der Waals surface area contributed by atoms with Crippen molar-refractivity contribution in [3.05, 3.63) is 52.3 Å². The summed E-state index contributed by atoms with van der Waals surface area (Å²) in [7, 11) is 4.91. The smallest absolute Gasteiger partial charge is 0.337 e. The number of methoxy groups -OCH3 is 2. The van der Waals surface area contributed by atoms with Crippen LogP contribution in [0.3, 0.4) is 0 Å². The number of fused-ring (bicyclic) bond motifs is 1. The van der Waals surface area contributed by atoms with Gasteiger partial charge in [0.15, 0.2) is 5.69 Å². The monoisotopic (exact) mass is 400 g/mol. The van der Waals surface area contributed by atoms with Crippen molar-refractivity contribution in [2.45, 2.75) is 25.9 Å². The molecule has 0 unspecified atom stereocenters. The number of rotatable bonds is 8. The molecular formula is C21H28N4O4. The molecule has 1 amide bonds. The summed E-state index contributed by atoms with van der Waals surface area (Å²) in [5, 5.41) is 7.40. The quantitative estimate of drug-likeness (QED) is 0.534. The second kappa shape index (κ2) is 9.67. The third kappa shape index (κ3) is 5.02. The van der Waals surface area contributed by atoms with Gasteiger partial charge < -0.3 is 14.8 Å². The summed E-state index contributed by atoms with van der Waals surface area (Å²) in [6, 6.07) is 7.43. The van der Waals surface area contributed by atoms with Crippen LogP contribution in [0, 0.1) is 0 Å². The molecule has 1 aliphatic heterocycles. The van der Waals surface area contributed by atoms with Gasteiger partial charge >= 0.3 is 5.97 Å². The van der Waals surface area contributed by atoms with Gasteiger partial charge in [-0.25, -0.2) is 4.79 Å². The van der Waals surface area contributed by atoms with Crippen molar-refractivity contribution in [3.63, 3.8) is 0 Å². The summed E-state index contributed by atoms with van der Waals surface area (Å²) in [6.07, 6.45) is 1.61. The van der Waals surface area contributed by atoms with Crippen LogP contribution >= 0.6 is 0 Å². The van der Waals surface area contributed by atoms with Crippen molar-refractivity contribution >= 4 is 11.9 Å². The molecule has 0 fully saturated rings. The Morgan fingerprint density at radius 2 is 1.97 bits per heavy atom. The summed E-state index contributed by atoms with van der Waals surface area (Å²) >= 11 is 0. The number of carbonyl (C=O) groups excluding carboxylic acids is 2. The second-order valence-electron chi connectivity index (χ2n) is 7.15. The Bertz CT molecular complexity index is 860. The Hall–Kier alpha value is -2.71. The normalized spacial score (nSPS) is 13.8. The lowest BCUT2D eigenvalue weighted by Gasteiger charge is -2.27. The Morgan fingerprint density at radius 1 is 1.21 bits per heavy atom. The maximum Gasteiger partial charge on any atom is 0.337 e. The van der Waals surface area contributed by atoms with Gasteiger partial charge in [-0.15, -0.1) is 0 Å². The standard InChI is InChI=1S/C21H28N4O4/c1-24-18-9-11-25(13-15-5-7-16(8-6-15)21(27)29-3)14-17(18)19(23-24)20(26)22-10-4-12-28-2/h5-8H,4,9-14H2,1-3H3,(H,22,26). The van der Waals surface area contributed by atoms with Gasteiger partial charge in [-0.2, -0.15) is 5.10 Å². The molecule has 8 nitrogen and oxygen atoms in total. The second-order valence-corrected chi connectivity index (χ2v) is 7.15. The molecule has 0 saturated heterocycles. The number of amides is 1. The molecule has 2 aromatic rings. The van der Waals surface area contributed by atoms with E-state index < -0.39 is 0 Å². The van der Waals surface area contributed by atoms with Crippen LogP contribution in [0.5, 0.6) is 0 Å². The van der Waals surface area contributed by atoms with E-state index in [-0.39, 0.29) is 11.9 Å². The van der Waals surface area contributed by atoms with Crippen molar-refractivity contribution < 1.29 is 19.1 Å². The SMILES string of the molecule is COCCCNC(=O)c1nn(C)c2c1CN(Cc1ccc(C(=O)OC)cc1)CC2. The minimum Gasteiger partial charge on any atom is -0.465 e. The van der Waals surface area contributed by atoms with E-state index in [1.54, 1.807) is 19.2 Å². The summed E-state index contributed by atoms with van der Waals surface area (Å²) < 4.78 is 11.6. The summed E-state index contributed by atoms with van der Waals surface area (Å²) in [5.74, 6) is -0.474. The predicted molar refractivity (Wildman–Crippen MR) is 108 cm³/mol. The van der Waals surface area contributed by atoms with Gasteiger partial charge in [0.2, 0.25) is 0 Å². The fourth-order valence-corrected chi connectivity index (χ4v) is 3.59. The van der Waals surface area contributed by atoms with Crippen molar-refractivity contribution in [1.29, 1.82) is 0 Å². The summed E-state index contributed by atoms with van der Waals surface area (Å²) in [4.78, 5) is 26.5. The van der Waals surface area contributed by atoms with Crippen LogP contribution in [0.4, 0.5) is 0 Å². The number of aryl methyl sites for hydroxylation is 1. The zero-order chi connectivity index (χ0) is 20.8. The number of hydrogen-bond donors (Lipinski definition) is 1.